The minimum absolute atomic E-state index is 2.00. The van der Waals surface area contributed by atoms with E-state index in [1.54, 1.807) is 0 Å². The molecule has 0 atom stereocenters. The van der Waals surface area contributed by atoms with E-state index in [0.717, 1.165) is 0 Å². The zero-order valence-corrected chi connectivity index (χ0v) is 8.94. The molecule has 10 heteroatoms. The summed E-state index contributed by atoms with van der Waals surface area (Å²) in [6.45, 7) is -7.21. The predicted octanol–water partition coefficient (Wildman–Crippen LogP) is 3.08. The van der Waals surface area contributed by atoms with E-state index in [2.05, 4.69) is 0 Å². The van der Waals surface area contributed by atoms with Gasteiger partial charge in [0, 0.05) is 12.1 Å². The molecule has 1 rings (SSSR count). The first-order chi connectivity index (χ1) is 7.89. The second-order valence-electron chi connectivity index (χ2n) is 3.24. The Morgan fingerprint density at radius 3 is 1.33 bits per heavy atom. The standard InChI is InChI=1S/C6H8N.C2BF8/c1-7-5-3-2-4-6-7;4-1(5,2(6,7)8)3(9,10)11/h2-6H,1H3;/q+1;-1. The third-order valence-electron chi connectivity index (χ3n) is 1.65. The van der Waals surface area contributed by atoms with Crippen molar-refractivity contribution in [2.75, 3.05) is 0 Å². The molecule has 0 radical (unpaired) electrons. The molecule has 1 aromatic rings. The summed E-state index contributed by atoms with van der Waals surface area (Å²) < 4.78 is 89.8. The Hall–Kier alpha value is -1.35. The Labute approximate surface area is 97.1 Å². The van der Waals surface area contributed by atoms with Crippen molar-refractivity contribution < 1.29 is 39.5 Å². The fourth-order valence-corrected chi connectivity index (χ4v) is 0.670. The van der Waals surface area contributed by atoms with Crippen LogP contribution in [-0.4, -0.2) is 19.0 Å². The van der Waals surface area contributed by atoms with Crippen LogP contribution in [0.25, 0.3) is 0 Å². The van der Waals surface area contributed by atoms with E-state index in [9.17, 15) is 34.9 Å². The maximum atomic E-state index is 11.2. The molecule has 1 heterocycles. The third-order valence-corrected chi connectivity index (χ3v) is 1.65. The van der Waals surface area contributed by atoms with E-state index in [-0.39, 0.29) is 0 Å². The lowest BCUT2D eigenvalue weighted by molar-refractivity contribution is -0.671. The number of rotatable bonds is 1. The van der Waals surface area contributed by atoms with E-state index in [1.807, 2.05) is 42.2 Å². The smallest absolute Gasteiger partial charge is 0.445 e. The van der Waals surface area contributed by atoms with Gasteiger partial charge in [-0.15, -0.1) is 0 Å². The Bertz CT molecular complexity index is 342. The summed E-state index contributed by atoms with van der Waals surface area (Å²) in [6, 6.07) is 6.00. The quantitative estimate of drug-likeness (QED) is 0.423. The van der Waals surface area contributed by atoms with E-state index in [0.29, 0.717) is 0 Å². The van der Waals surface area contributed by atoms with E-state index < -0.39 is 19.0 Å². The van der Waals surface area contributed by atoms with Crippen molar-refractivity contribution in [1.29, 1.82) is 0 Å². The van der Waals surface area contributed by atoms with Crippen LogP contribution >= 0.6 is 0 Å². The van der Waals surface area contributed by atoms with Gasteiger partial charge in [0.1, 0.15) is 7.05 Å². The Morgan fingerprint density at radius 1 is 0.833 bits per heavy atom. The van der Waals surface area contributed by atoms with Gasteiger partial charge in [-0.25, -0.2) is 13.3 Å². The van der Waals surface area contributed by atoms with E-state index in [1.165, 1.54) is 0 Å². The first-order valence-corrected chi connectivity index (χ1v) is 4.44. The molecule has 1 aromatic heterocycles. The van der Waals surface area contributed by atoms with Gasteiger partial charge in [0.25, 0.3) is 0 Å². The fourth-order valence-electron chi connectivity index (χ4n) is 0.670. The van der Waals surface area contributed by atoms with Crippen LogP contribution in [0.3, 0.4) is 0 Å². The largest absolute Gasteiger partial charge is 0.558 e. The molecule has 0 aliphatic heterocycles. The maximum Gasteiger partial charge on any atom is 0.558 e. The summed E-state index contributed by atoms with van der Waals surface area (Å²) in [5.41, 5.74) is 0. The number of pyridine rings is 1. The first kappa shape index (κ1) is 16.7. The van der Waals surface area contributed by atoms with Crippen molar-refractivity contribution in [3.63, 3.8) is 0 Å². The molecule has 0 N–H and O–H groups in total. The summed E-state index contributed by atoms with van der Waals surface area (Å²) in [4.78, 5) is 0. The molecule has 0 aliphatic rings. The predicted molar refractivity (Wildman–Crippen MR) is 47.7 cm³/mol. The first-order valence-electron chi connectivity index (χ1n) is 4.44. The van der Waals surface area contributed by atoms with Crippen molar-refractivity contribution in [3.8, 4) is 0 Å². The lowest BCUT2D eigenvalue weighted by Crippen LogP contribution is -2.53. The highest BCUT2D eigenvalue weighted by Crippen LogP contribution is 2.43. The lowest BCUT2D eigenvalue weighted by atomic mass is 9.80. The lowest BCUT2D eigenvalue weighted by Gasteiger charge is -2.28. The van der Waals surface area contributed by atoms with Crippen molar-refractivity contribution in [2.24, 2.45) is 7.05 Å². The molecule has 0 saturated carbocycles. The molecule has 0 spiro atoms. The second kappa shape index (κ2) is 5.53. The van der Waals surface area contributed by atoms with Gasteiger partial charge in [-0.05, 0) is 0 Å². The summed E-state index contributed by atoms with van der Waals surface area (Å²) in [5.74, 6) is -6.56. The van der Waals surface area contributed by atoms with Gasteiger partial charge >= 0.3 is 19.0 Å². The minimum Gasteiger partial charge on any atom is -0.445 e. The Morgan fingerprint density at radius 2 is 1.22 bits per heavy atom. The van der Waals surface area contributed by atoms with Gasteiger partial charge in [0.05, 0.1) is 0 Å². The molecule has 0 aliphatic carbocycles. The van der Waals surface area contributed by atoms with E-state index >= 15 is 0 Å². The molecule has 0 unspecified atom stereocenters. The van der Waals surface area contributed by atoms with Gasteiger partial charge in [0.2, 0.25) is 0 Å². The van der Waals surface area contributed by atoms with Crippen LogP contribution in [0.5, 0.6) is 0 Å². The van der Waals surface area contributed by atoms with Crippen LogP contribution in [-0.2, 0) is 7.05 Å². The van der Waals surface area contributed by atoms with Crippen LogP contribution in [0.15, 0.2) is 30.6 Å². The zero-order valence-electron chi connectivity index (χ0n) is 8.94. The molecule has 0 amide bonds. The number of alkyl halides is 5. The maximum absolute atomic E-state index is 11.2. The van der Waals surface area contributed by atoms with Crippen molar-refractivity contribution in [3.05, 3.63) is 30.6 Å². The van der Waals surface area contributed by atoms with Crippen molar-refractivity contribution >= 4 is 6.98 Å². The number of hydrogen-bond acceptors (Lipinski definition) is 0. The van der Waals surface area contributed by atoms with Crippen LogP contribution < -0.4 is 4.57 Å². The highest BCUT2D eigenvalue weighted by molar-refractivity contribution is 6.61. The third kappa shape index (κ3) is 4.50. The summed E-state index contributed by atoms with van der Waals surface area (Å²) >= 11 is 0. The van der Waals surface area contributed by atoms with Crippen LogP contribution in [0, 0.1) is 0 Å². The SMILES string of the molecule is C[n+]1ccccc1.F[B-](F)(F)C(F)(F)C(F)(F)F. The van der Waals surface area contributed by atoms with Crippen LogP contribution in [0.1, 0.15) is 0 Å². The Balaban J connectivity index is 0.000000351. The van der Waals surface area contributed by atoms with Crippen LogP contribution in [0.4, 0.5) is 34.9 Å². The fraction of sp³-hybridized carbons (Fsp3) is 0.375. The molecule has 1 nitrogen and oxygen atoms in total. The van der Waals surface area contributed by atoms with Gasteiger partial charge < -0.3 is 12.9 Å². The topological polar surface area (TPSA) is 3.88 Å². The molecule has 0 bridgehead atoms. The molecular formula is C8H8BF8N. The molecule has 0 fully saturated rings. The molecule has 104 valence electrons. The summed E-state index contributed by atoms with van der Waals surface area (Å²) in [5, 5.41) is 0. The molecule has 18 heavy (non-hydrogen) atoms. The average molecular weight is 281 g/mol. The minimum atomic E-state index is -7.21. The number of aromatic nitrogens is 1. The number of halogens is 8. The average Bonchev–Trinajstić information content (AvgIpc) is 2.16. The summed E-state index contributed by atoms with van der Waals surface area (Å²) in [7, 11) is 2.00. The van der Waals surface area contributed by atoms with Gasteiger partial charge in [0.15, 0.2) is 12.4 Å². The van der Waals surface area contributed by atoms with Crippen molar-refractivity contribution in [1.82, 2.24) is 0 Å². The van der Waals surface area contributed by atoms with E-state index in [4.69, 9.17) is 0 Å². The van der Waals surface area contributed by atoms with Crippen molar-refractivity contribution in [2.45, 2.75) is 12.0 Å². The molecule has 0 saturated heterocycles. The Kier molecular flexibility index (Phi) is 5.12. The number of aryl methyl sites for hydroxylation is 1. The van der Waals surface area contributed by atoms with Gasteiger partial charge in [-0.3, -0.25) is 0 Å². The second-order valence-corrected chi connectivity index (χ2v) is 3.24. The number of hydrogen-bond donors (Lipinski definition) is 0. The molecule has 0 aromatic carbocycles. The number of nitrogens with zero attached hydrogens (tertiary/aromatic N) is 1. The monoisotopic (exact) mass is 281 g/mol. The van der Waals surface area contributed by atoms with Gasteiger partial charge in [-0.2, -0.15) is 13.2 Å². The summed E-state index contributed by atoms with van der Waals surface area (Å²) in [6.07, 6.45) is -2.55. The normalized spacial score (nSPS) is 12.7. The van der Waals surface area contributed by atoms with Gasteiger partial charge in [-0.1, -0.05) is 6.07 Å². The highest BCUT2D eigenvalue weighted by atomic mass is 19.4. The highest BCUT2D eigenvalue weighted by Gasteiger charge is 2.69. The van der Waals surface area contributed by atoms with Crippen LogP contribution in [0.2, 0.25) is 0 Å². The zero-order chi connectivity index (χ0) is 14.6. The molecular weight excluding hydrogens is 273 g/mol.